The van der Waals surface area contributed by atoms with Crippen molar-refractivity contribution in [1.29, 1.82) is 0 Å². The number of rotatable bonds is 9. The van der Waals surface area contributed by atoms with Crippen LogP contribution in [0.3, 0.4) is 0 Å². The van der Waals surface area contributed by atoms with E-state index in [9.17, 15) is 4.79 Å². The second kappa shape index (κ2) is 10.9. The van der Waals surface area contributed by atoms with Crippen LogP contribution in [0.2, 0.25) is 0 Å². The Bertz CT molecular complexity index is 1450. The molecule has 0 N–H and O–H groups in total. The zero-order valence-corrected chi connectivity index (χ0v) is 22.1. The van der Waals surface area contributed by atoms with E-state index in [0.29, 0.717) is 62.8 Å². The van der Waals surface area contributed by atoms with Crippen molar-refractivity contribution in [2.75, 3.05) is 27.9 Å². The first-order valence-corrected chi connectivity index (χ1v) is 13.0. The zero-order chi connectivity index (χ0) is 25.9. The summed E-state index contributed by atoms with van der Waals surface area (Å²) in [5.74, 6) is 3.14. The highest BCUT2D eigenvalue weighted by molar-refractivity contribution is 7.98. The van der Waals surface area contributed by atoms with Crippen LogP contribution in [0.4, 0.5) is 0 Å². The molecule has 5 rings (SSSR count). The first-order chi connectivity index (χ1) is 18.0. The molecule has 9 nitrogen and oxygen atoms in total. The van der Waals surface area contributed by atoms with Crippen molar-refractivity contribution in [1.82, 2.24) is 14.5 Å². The Labute approximate surface area is 218 Å². The highest BCUT2D eigenvalue weighted by atomic mass is 32.2. The van der Waals surface area contributed by atoms with Gasteiger partial charge in [-0.3, -0.25) is 9.36 Å². The SMILES string of the molecule is COc1cc(-c2nc(CSc3nc4ccccc4c(=O)n3C[C@@H]3CCCO3)c(C)o2)cc(OC)c1OC. The van der Waals surface area contributed by atoms with Crippen molar-refractivity contribution in [3.05, 3.63) is 58.2 Å². The van der Waals surface area contributed by atoms with E-state index in [-0.39, 0.29) is 11.7 Å². The quantitative estimate of drug-likeness (QED) is 0.225. The molecule has 1 saturated heterocycles. The second-order valence-electron chi connectivity index (χ2n) is 8.69. The monoisotopic (exact) mass is 523 g/mol. The van der Waals surface area contributed by atoms with Gasteiger partial charge in [0.25, 0.3) is 5.56 Å². The molecule has 3 heterocycles. The van der Waals surface area contributed by atoms with E-state index in [2.05, 4.69) is 0 Å². The molecular weight excluding hydrogens is 494 g/mol. The number of aryl methyl sites for hydroxylation is 1. The van der Waals surface area contributed by atoms with Crippen LogP contribution in [0, 0.1) is 6.92 Å². The number of hydrogen-bond donors (Lipinski definition) is 0. The van der Waals surface area contributed by atoms with Crippen LogP contribution in [-0.2, 0) is 17.0 Å². The molecule has 2 aromatic carbocycles. The van der Waals surface area contributed by atoms with Gasteiger partial charge in [0.05, 0.1) is 50.6 Å². The van der Waals surface area contributed by atoms with E-state index >= 15 is 0 Å². The van der Waals surface area contributed by atoms with Crippen molar-refractivity contribution >= 4 is 22.7 Å². The lowest BCUT2D eigenvalue weighted by Gasteiger charge is -2.16. The Kier molecular flexibility index (Phi) is 7.38. The minimum Gasteiger partial charge on any atom is -0.493 e. The third-order valence-corrected chi connectivity index (χ3v) is 7.37. The summed E-state index contributed by atoms with van der Waals surface area (Å²) in [6, 6.07) is 11.0. The summed E-state index contributed by atoms with van der Waals surface area (Å²) in [5, 5.41) is 1.24. The molecule has 0 spiro atoms. The Morgan fingerprint density at radius 2 is 1.84 bits per heavy atom. The number of benzene rings is 2. The summed E-state index contributed by atoms with van der Waals surface area (Å²) < 4.78 is 29.9. The molecule has 0 saturated carbocycles. The second-order valence-corrected chi connectivity index (χ2v) is 9.63. The summed E-state index contributed by atoms with van der Waals surface area (Å²) >= 11 is 1.46. The lowest BCUT2D eigenvalue weighted by Crippen LogP contribution is -2.28. The van der Waals surface area contributed by atoms with Crippen LogP contribution < -0.4 is 19.8 Å². The van der Waals surface area contributed by atoms with Crippen molar-refractivity contribution in [2.45, 2.75) is 43.3 Å². The molecule has 0 unspecified atom stereocenters. The molecular formula is C27H29N3O6S. The fourth-order valence-electron chi connectivity index (χ4n) is 4.43. The molecule has 1 atom stereocenters. The third-order valence-electron chi connectivity index (χ3n) is 6.38. The molecule has 0 bridgehead atoms. The summed E-state index contributed by atoms with van der Waals surface area (Å²) in [4.78, 5) is 22.9. The normalized spacial score (nSPS) is 15.3. The van der Waals surface area contributed by atoms with Crippen LogP contribution in [-0.4, -0.2) is 48.6 Å². The van der Waals surface area contributed by atoms with Crippen LogP contribution in [0.25, 0.3) is 22.4 Å². The van der Waals surface area contributed by atoms with Crippen molar-refractivity contribution in [2.24, 2.45) is 0 Å². The molecule has 0 aliphatic carbocycles. The van der Waals surface area contributed by atoms with Gasteiger partial charge in [-0.1, -0.05) is 23.9 Å². The van der Waals surface area contributed by atoms with E-state index in [4.69, 9.17) is 33.3 Å². The van der Waals surface area contributed by atoms with Crippen LogP contribution in [0.1, 0.15) is 24.3 Å². The predicted molar refractivity (Wildman–Crippen MR) is 141 cm³/mol. The van der Waals surface area contributed by atoms with E-state index in [1.807, 2.05) is 31.2 Å². The van der Waals surface area contributed by atoms with Crippen LogP contribution in [0.5, 0.6) is 17.2 Å². The molecule has 37 heavy (non-hydrogen) atoms. The third kappa shape index (κ3) is 5.03. The van der Waals surface area contributed by atoms with Gasteiger partial charge < -0.3 is 23.4 Å². The number of hydrogen-bond acceptors (Lipinski definition) is 9. The molecule has 1 aliphatic rings. The molecule has 2 aromatic heterocycles. The van der Waals surface area contributed by atoms with Gasteiger partial charge in [0.2, 0.25) is 11.6 Å². The highest BCUT2D eigenvalue weighted by Gasteiger charge is 2.22. The smallest absolute Gasteiger partial charge is 0.262 e. The lowest BCUT2D eigenvalue weighted by atomic mass is 10.2. The summed E-state index contributed by atoms with van der Waals surface area (Å²) in [6.07, 6.45) is 1.95. The number of oxazole rings is 1. The largest absolute Gasteiger partial charge is 0.493 e. The molecule has 0 amide bonds. The molecule has 1 fully saturated rings. The van der Waals surface area contributed by atoms with E-state index in [0.717, 1.165) is 25.1 Å². The summed E-state index contributed by atoms with van der Waals surface area (Å²) in [7, 11) is 4.69. The number of methoxy groups -OCH3 is 3. The summed E-state index contributed by atoms with van der Waals surface area (Å²) in [5.41, 5.74) is 2.08. The molecule has 194 valence electrons. The average Bonchev–Trinajstić information content (AvgIpc) is 3.57. The van der Waals surface area contributed by atoms with Crippen LogP contribution in [0.15, 0.2) is 50.8 Å². The first kappa shape index (κ1) is 25.2. The maximum Gasteiger partial charge on any atom is 0.262 e. The van der Waals surface area contributed by atoms with Crippen LogP contribution >= 0.6 is 11.8 Å². The van der Waals surface area contributed by atoms with Gasteiger partial charge in [0.15, 0.2) is 16.7 Å². The Balaban J connectivity index is 1.45. The van der Waals surface area contributed by atoms with E-state index < -0.39 is 0 Å². The average molecular weight is 524 g/mol. The van der Waals surface area contributed by atoms with Crippen molar-refractivity contribution in [3.63, 3.8) is 0 Å². The Morgan fingerprint density at radius 3 is 2.51 bits per heavy atom. The van der Waals surface area contributed by atoms with Crippen molar-refractivity contribution < 1.29 is 23.4 Å². The first-order valence-electron chi connectivity index (χ1n) is 12.0. The standard InChI is InChI=1S/C27H29N3O6S/c1-16-21(28-25(36-16)17-12-22(32-2)24(34-4)23(13-17)33-3)15-37-27-29-20-10-6-5-9-19(20)26(31)30(27)14-18-8-7-11-35-18/h5-6,9-10,12-13,18H,7-8,11,14-15H2,1-4H3/t18-/m0/s1. The minimum atomic E-state index is -0.0569. The number of nitrogens with zero attached hydrogens (tertiary/aromatic N) is 3. The number of fused-ring (bicyclic) bond motifs is 1. The van der Waals surface area contributed by atoms with Gasteiger partial charge in [-0.05, 0) is 44.0 Å². The van der Waals surface area contributed by atoms with Crippen molar-refractivity contribution in [3.8, 4) is 28.7 Å². The fraction of sp³-hybridized carbons (Fsp3) is 0.370. The van der Waals surface area contributed by atoms with Gasteiger partial charge in [0.1, 0.15) is 5.76 Å². The maximum absolute atomic E-state index is 13.4. The zero-order valence-electron chi connectivity index (χ0n) is 21.3. The van der Waals surface area contributed by atoms with Gasteiger partial charge >= 0.3 is 0 Å². The lowest BCUT2D eigenvalue weighted by molar-refractivity contribution is 0.0937. The highest BCUT2D eigenvalue weighted by Crippen LogP contribution is 2.41. The minimum absolute atomic E-state index is 0.0143. The molecule has 4 aromatic rings. The molecule has 0 radical (unpaired) electrons. The van der Waals surface area contributed by atoms with E-state index in [1.54, 1.807) is 38.0 Å². The topological polar surface area (TPSA) is 97.8 Å². The van der Waals surface area contributed by atoms with Gasteiger partial charge in [0, 0.05) is 17.9 Å². The number of thioether (sulfide) groups is 1. The fourth-order valence-corrected chi connectivity index (χ4v) is 5.44. The molecule has 10 heteroatoms. The van der Waals surface area contributed by atoms with Gasteiger partial charge in [-0.2, -0.15) is 0 Å². The molecule has 1 aliphatic heterocycles. The Hall–Kier alpha value is -3.50. The van der Waals surface area contributed by atoms with Gasteiger partial charge in [-0.25, -0.2) is 9.97 Å². The Morgan fingerprint density at radius 1 is 1.08 bits per heavy atom. The number of ether oxygens (including phenoxy) is 4. The number of para-hydroxylation sites is 1. The van der Waals surface area contributed by atoms with E-state index in [1.165, 1.54) is 11.8 Å². The summed E-state index contributed by atoms with van der Waals surface area (Å²) in [6.45, 7) is 3.08. The number of aromatic nitrogens is 3. The predicted octanol–water partition coefficient (Wildman–Crippen LogP) is 4.86. The van der Waals surface area contributed by atoms with Gasteiger partial charge in [-0.15, -0.1) is 0 Å². The maximum atomic E-state index is 13.4.